The topological polar surface area (TPSA) is 178 Å². The molecule has 1 heterocycles. The van der Waals surface area contributed by atoms with Gasteiger partial charge in [0, 0.05) is 54.5 Å². The molecule has 0 bridgehead atoms. The van der Waals surface area contributed by atoms with E-state index in [2.05, 4.69) is 4.98 Å². The SMILES string of the molecule is Oc1c(O)c(O)c2c(-c3cc4ccccc4c4ccccc34)c3c(O)c(O)c(O)c(O)c3c(-c3ccc(-c4cccc5c4[nH]c4ccccc45)cc3)c2c1O. The number of hydrogen-bond donors (Lipinski definition) is 9. The third-order valence-electron chi connectivity index (χ3n) is 10.9. The monoisotopic (exact) mass is 723 g/mol. The Hall–Kier alpha value is -7.78. The first-order valence-electron chi connectivity index (χ1n) is 17.4. The first kappa shape index (κ1) is 31.9. The van der Waals surface area contributed by atoms with E-state index in [0.29, 0.717) is 16.5 Å². The average Bonchev–Trinajstić information content (AvgIpc) is 3.61. The largest absolute Gasteiger partial charge is 0.504 e. The molecule has 9 heteroatoms. The van der Waals surface area contributed by atoms with Crippen LogP contribution >= 0.6 is 0 Å². The number of rotatable bonds is 3. The fourth-order valence-electron chi connectivity index (χ4n) is 8.37. The van der Waals surface area contributed by atoms with E-state index in [1.807, 2.05) is 97.1 Å². The van der Waals surface area contributed by atoms with Gasteiger partial charge in [-0.25, -0.2) is 0 Å². The molecule has 0 unspecified atom stereocenters. The molecule has 0 aliphatic heterocycles. The number of benzene rings is 9. The lowest BCUT2D eigenvalue weighted by atomic mass is 9.81. The van der Waals surface area contributed by atoms with Crippen molar-refractivity contribution in [3.8, 4) is 79.4 Å². The Bertz CT molecular complexity index is 3210. The Balaban J connectivity index is 1.36. The highest BCUT2D eigenvalue weighted by Crippen LogP contribution is 2.62. The summed E-state index contributed by atoms with van der Waals surface area (Å²) in [7, 11) is 0. The molecule has 10 rings (SSSR count). The molecule has 9 nitrogen and oxygen atoms in total. The van der Waals surface area contributed by atoms with Crippen LogP contribution < -0.4 is 0 Å². The summed E-state index contributed by atoms with van der Waals surface area (Å²) in [4.78, 5) is 3.51. The van der Waals surface area contributed by atoms with Gasteiger partial charge in [-0.3, -0.25) is 0 Å². The molecule has 0 spiro atoms. The van der Waals surface area contributed by atoms with Crippen LogP contribution in [0.5, 0.6) is 46.0 Å². The van der Waals surface area contributed by atoms with Crippen molar-refractivity contribution in [3.63, 3.8) is 0 Å². The molecule has 0 radical (unpaired) electrons. The first-order chi connectivity index (χ1) is 26.7. The second-order valence-corrected chi connectivity index (χ2v) is 13.7. The van der Waals surface area contributed by atoms with Crippen LogP contribution in [0.1, 0.15) is 0 Å². The summed E-state index contributed by atoms with van der Waals surface area (Å²) in [5.74, 6) is -7.38. The van der Waals surface area contributed by atoms with Gasteiger partial charge in [0.15, 0.2) is 23.0 Å². The van der Waals surface area contributed by atoms with E-state index >= 15 is 0 Å². The van der Waals surface area contributed by atoms with E-state index in [-0.39, 0.29) is 32.7 Å². The van der Waals surface area contributed by atoms with Crippen molar-refractivity contribution in [2.45, 2.75) is 0 Å². The zero-order valence-electron chi connectivity index (χ0n) is 28.6. The highest BCUT2D eigenvalue weighted by Gasteiger charge is 2.33. The number of phenolic OH excluding ortho intramolecular Hbond substituents is 8. The maximum atomic E-state index is 11.8. The number of H-pyrrole nitrogens is 1. The second kappa shape index (κ2) is 11.4. The number of fused-ring (bicyclic) bond motifs is 8. The van der Waals surface area contributed by atoms with Gasteiger partial charge in [-0.05, 0) is 50.4 Å². The summed E-state index contributed by atoms with van der Waals surface area (Å²) in [5, 5.41) is 95.6. The van der Waals surface area contributed by atoms with Crippen LogP contribution in [0.3, 0.4) is 0 Å². The van der Waals surface area contributed by atoms with E-state index < -0.39 is 46.0 Å². The molecule has 9 aromatic carbocycles. The van der Waals surface area contributed by atoms with Crippen LogP contribution in [0.25, 0.3) is 98.3 Å². The van der Waals surface area contributed by atoms with Gasteiger partial charge in [0.1, 0.15) is 0 Å². The molecule has 0 saturated carbocycles. The van der Waals surface area contributed by atoms with Crippen molar-refractivity contribution in [3.05, 3.63) is 121 Å². The Kier molecular flexibility index (Phi) is 6.59. The second-order valence-electron chi connectivity index (χ2n) is 13.7. The van der Waals surface area contributed by atoms with Gasteiger partial charge in [-0.1, -0.05) is 109 Å². The van der Waals surface area contributed by atoms with Crippen molar-refractivity contribution in [2.24, 2.45) is 0 Å². The zero-order chi connectivity index (χ0) is 37.9. The molecule has 0 aliphatic carbocycles. The molecule has 0 saturated heterocycles. The quantitative estimate of drug-likeness (QED) is 0.0374. The highest BCUT2D eigenvalue weighted by molar-refractivity contribution is 6.31. The standard InChI is InChI=1S/C46H29NO8/c48-39-34-32(22-18-16-21(17-19-22)25-13-7-14-29-28-12-5-6-15-31(28)47-38(25)29)35-37(42(51)46(55)44(53)40(35)49)33(36(34)41(50)45(54)43(39)52)30-20-23-8-1-2-9-24(23)26-10-3-4-11-27(26)30/h1-20,47-55H. The third-order valence-corrected chi connectivity index (χ3v) is 10.9. The fourth-order valence-corrected chi connectivity index (χ4v) is 8.37. The van der Waals surface area contributed by atoms with Crippen LogP contribution in [0.4, 0.5) is 0 Å². The molecular weight excluding hydrogens is 695 g/mol. The average molecular weight is 724 g/mol. The summed E-state index contributed by atoms with van der Waals surface area (Å²) in [6.07, 6.45) is 0. The van der Waals surface area contributed by atoms with Gasteiger partial charge in [0.25, 0.3) is 0 Å². The molecule has 0 amide bonds. The van der Waals surface area contributed by atoms with E-state index in [9.17, 15) is 40.9 Å². The molecule has 266 valence electrons. The minimum absolute atomic E-state index is 0.00371. The van der Waals surface area contributed by atoms with Crippen LogP contribution in [-0.4, -0.2) is 45.8 Å². The predicted molar refractivity (Wildman–Crippen MR) is 215 cm³/mol. The van der Waals surface area contributed by atoms with Crippen LogP contribution in [0.15, 0.2) is 121 Å². The maximum Gasteiger partial charge on any atom is 0.204 e. The van der Waals surface area contributed by atoms with Crippen LogP contribution in [-0.2, 0) is 0 Å². The van der Waals surface area contributed by atoms with Gasteiger partial charge >= 0.3 is 0 Å². The minimum atomic E-state index is -1.02. The van der Waals surface area contributed by atoms with Gasteiger partial charge in [0.2, 0.25) is 23.0 Å². The van der Waals surface area contributed by atoms with E-state index in [1.165, 1.54) is 0 Å². The molecule has 0 atom stereocenters. The predicted octanol–water partition coefficient (Wildman–Crippen LogP) is 10.6. The number of aromatic amines is 1. The molecule has 10 aromatic rings. The Morgan fingerprint density at radius 1 is 0.327 bits per heavy atom. The Morgan fingerprint density at radius 3 is 1.42 bits per heavy atom. The summed E-state index contributed by atoms with van der Waals surface area (Å²) >= 11 is 0. The van der Waals surface area contributed by atoms with E-state index in [0.717, 1.165) is 49.1 Å². The summed E-state index contributed by atoms with van der Waals surface area (Å²) < 4.78 is 0. The zero-order valence-corrected chi connectivity index (χ0v) is 28.6. The van der Waals surface area contributed by atoms with Gasteiger partial charge in [-0.15, -0.1) is 0 Å². The number of para-hydroxylation sites is 2. The first-order valence-corrected chi connectivity index (χ1v) is 17.4. The van der Waals surface area contributed by atoms with Gasteiger partial charge in [0.05, 0.1) is 5.52 Å². The summed E-state index contributed by atoms with van der Waals surface area (Å²) in [6, 6.07) is 37.8. The van der Waals surface area contributed by atoms with E-state index in [4.69, 9.17) is 0 Å². The van der Waals surface area contributed by atoms with Crippen molar-refractivity contribution >= 4 is 64.9 Å². The molecule has 0 fully saturated rings. The smallest absolute Gasteiger partial charge is 0.204 e. The Labute approximate surface area is 310 Å². The molecule has 1 aromatic heterocycles. The van der Waals surface area contributed by atoms with Crippen LogP contribution in [0.2, 0.25) is 0 Å². The summed E-state index contributed by atoms with van der Waals surface area (Å²) in [6.45, 7) is 0. The number of aromatic nitrogens is 1. The van der Waals surface area contributed by atoms with E-state index in [1.54, 1.807) is 24.3 Å². The highest BCUT2D eigenvalue weighted by atomic mass is 16.4. The van der Waals surface area contributed by atoms with Gasteiger partial charge in [-0.2, -0.15) is 0 Å². The number of aromatic hydroxyl groups is 8. The minimum Gasteiger partial charge on any atom is -0.504 e. The lowest BCUT2D eigenvalue weighted by Crippen LogP contribution is -1.95. The van der Waals surface area contributed by atoms with Crippen molar-refractivity contribution in [2.75, 3.05) is 0 Å². The van der Waals surface area contributed by atoms with Crippen molar-refractivity contribution in [1.29, 1.82) is 0 Å². The molecule has 55 heavy (non-hydrogen) atoms. The van der Waals surface area contributed by atoms with Crippen LogP contribution in [0, 0.1) is 0 Å². The van der Waals surface area contributed by atoms with Crippen molar-refractivity contribution in [1.82, 2.24) is 4.98 Å². The molecular formula is C46H29NO8. The maximum absolute atomic E-state index is 11.8. The third kappa shape index (κ3) is 4.29. The number of nitrogens with one attached hydrogen (secondary N) is 1. The summed E-state index contributed by atoms with van der Waals surface area (Å²) in [5.41, 5.74) is 4.33. The fraction of sp³-hybridized carbons (Fsp3) is 0. The lowest BCUT2D eigenvalue weighted by molar-refractivity contribution is 0.350. The number of hydrogen-bond acceptors (Lipinski definition) is 8. The van der Waals surface area contributed by atoms with Gasteiger partial charge < -0.3 is 45.8 Å². The van der Waals surface area contributed by atoms with Crippen molar-refractivity contribution < 1.29 is 40.9 Å². The molecule has 9 N–H and O–H groups in total. The number of phenols is 8. The normalized spacial score (nSPS) is 11.9. The lowest BCUT2D eigenvalue weighted by Gasteiger charge is -2.23. The molecule has 0 aliphatic rings. The Morgan fingerprint density at radius 2 is 0.800 bits per heavy atom.